The van der Waals surface area contributed by atoms with E-state index < -0.39 is 6.04 Å². The summed E-state index contributed by atoms with van der Waals surface area (Å²) in [5, 5.41) is 10.7. The van der Waals surface area contributed by atoms with E-state index in [0.717, 1.165) is 11.3 Å². The molecule has 0 fully saturated rings. The summed E-state index contributed by atoms with van der Waals surface area (Å²) < 4.78 is 7.56. The number of allylic oxidation sites excluding steroid dienone is 1. The number of nitrogens with zero attached hydrogens (tertiary/aromatic N) is 4. The van der Waals surface area contributed by atoms with Crippen molar-refractivity contribution in [3.05, 3.63) is 102 Å². The number of nitrogens with one attached hydrogen (secondary N) is 2. The quantitative estimate of drug-likeness (QED) is 0.469. The molecule has 3 heterocycles. The van der Waals surface area contributed by atoms with Crippen LogP contribution in [0.4, 0.5) is 11.6 Å². The van der Waals surface area contributed by atoms with Gasteiger partial charge in [-0.1, -0.05) is 24.3 Å². The van der Waals surface area contributed by atoms with Gasteiger partial charge in [0.1, 0.15) is 23.4 Å². The molecule has 0 aliphatic carbocycles. The van der Waals surface area contributed by atoms with Gasteiger partial charge >= 0.3 is 0 Å². The van der Waals surface area contributed by atoms with Crippen LogP contribution in [0.2, 0.25) is 0 Å². The molecular formula is C25H22N6O2. The Hall–Kier alpha value is -4.46. The van der Waals surface area contributed by atoms with E-state index in [1.165, 1.54) is 0 Å². The minimum atomic E-state index is -0.447. The Kier molecular flexibility index (Phi) is 5.32. The van der Waals surface area contributed by atoms with E-state index in [0.29, 0.717) is 34.5 Å². The molecule has 8 nitrogen and oxygen atoms in total. The van der Waals surface area contributed by atoms with E-state index in [9.17, 15) is 4.79 Å². The smallest absolute Gasteiger partial charge is 0.255 e. The molecule has 8 heteroatoms. The average Bonchev–Trinajstić information content (AvgIpc) is 3.20. The Bertz CT molecular complexity index is 1310. The third-order valence-electron chi connectivity index (χ3n) is 5.29. The predicted molar refractivity (Wildman–Crippen MR) is 125 cm³/mol. The molecule has 1 aliphatic heterocycles. The van der Waals surface area contributed by atoms with Gasteiger partial charge in [-0.05, 0) is 61.9 Å². The zero-order valence-electron chi connectivity index (χ0n) is 18.2. The summed E-state index contributed by atoms with van der Waals surface area (Å²) in [6, 6.07) is 20.1. The molecule has 5 rings (SSSR count). The number of aryl methyl sites for hydroxylation is 1. The average molecular weight is 438 g/mol. The van der Waals surface area contributed by atoms with E-state index in [4.69, 9.17) is 4.74 Å². The number of ether oxygens (including phenoxy) is 1. The van der Waals surface area contributed by atoms with Crippen LogP contribution in [0.15, 0.2) is 90.4 Å². The summed E-state index contributed by atoms with van der Waals surface area (Å²) in [6.45, 7) is 3.68. The van der Waals surface area contributed by atoms with Gasteiger partial charge in [0.2, 0.25) is 5.95 Å². The van der Waals surface area contributed by atoms with Gasteiger partial charge in [0, 0.05) is 23.8 Å². The third kappa shape index (κ3) is 4.18. The van der Waals surface area contributed by atoms with Crippen molar-refractivity contribution >= 4 is 17.5 Å². The zero-order valence-corrected chi connectivity index (χ0v) is 18.2. The molecule has 1 atom stereocenters. The molecule has 0 saturated heterocycles. The number of carbonyl (C=O) groups excluding carboxylic acids is 1. The highest BCUT2D eigenvalue weighted by molar-refractivity contribution is 6.06. The molecule has 1 unspecified atom stereocenters. The number of carbonyl (C=O) groups is 1. The SMILES string of the molecule is CC1=C(C(=O)Nc2ccc(Oc3ccccc3)cc2)C(c2cccnc2)n2nc(C)nc2N1. The maximum Gasteiger partial charge on any atom is 0.255 e. The monoisotopic (exact) mass is 438 g/mol. The Balaban J connectivity index is 1.41. The first-order valence-electron chi connectivity index (χ1n) is 10.5. The number of anilines is 2. The van der Waals surface area contributed by atoms with Gasteiger partial charge in [-0.2, -0.15) is 10.1 Å². The lowest BCUT2D eigenvalue weighted by atomic mass is 9.96. The number of pyridine rings is 1. The van der Waals surface area contributed by atoms with Crippen molar-refractivity contribution in [3.63, 3.8) is 0 Å². The van der Waals surface area contributed by atoms with Crippen LogP contribution in [0.5, 0.6) is 11.5 Å². The van der Waals surface area contributed by atoms with Gasteiger partial charge < -0.3 is 15.4 Å². The number of rotatable bonds is 5. The molecule has 2 aromatic carbocycles. The van der Waals surface area contributed by atoms with Gasteiger partial charge in [0.15, 0.2) is 0 Å². The number of amides is 1. The standard InChI is InChI=1S/C25H22N6O2/c1-16-22(23(18-7-6-14-26-15-18)31-25(27-16)28-17(2)30-31)24(32)29-19-10-12-21(13-11-19)33-20-8-4-3-5-9-20/h3-15,23H,1-2H3,(H,29,32)(H,27,28,30). The van der Waals surface area contributed by atoms with E-state index in [-0.39, 0.29) is 5.91 Å². The lowest BCUT2D eigenvalue weighted by Gasteiger charge is -2.28. The first kappa shape index (κ1) is 20.4. The van der Waals surface area contributed by atoms with Crippen LogP contribution in [-0.4, -0.2) is 25.7 Å². The molecular weight excluding hydrogens is 416 g/mol. The van der Waals surface area contributed by atoms with Crippen molar-refractivity contribution in [2.75, 3.05) is 10.6 Å². The fourth-order valence-electron chi connectivity index (χ4n) is 3.83. The van der Waals surface area contributed by atoms with E-state index in [2.05, 4.69) is 25.7 Å². The summed E-state index contributed by atoms with van der Waals surface area (Å²) >= 11 is 0. The summed E-state index contributed by atoms with van der Waals surface area (Å²) in [7, 11) is 0. The molecule has 164 valence electrons. The number of aromatic nitrogens is 4. The summed E-state index contributed by atoms with van der Waals surface area (Å²) in [5.74, 6) is 2.42. The van der Waals surface area contributed by atoms with Crippen molar-refractivity contribution < 1.29 is 9.53 Å². The van der Waals surface area contributed by atoms with E-state index in [1.54, 1.807) is 17.1 Å². The normalized spacial score (nSPS) is 14.9. The van der Waals surface area contributed by atoms with Gasteiger partial charge in [0.25, 0.3) is 5.91 Å². The second kappa shape index (κ2) is 8.58. The third-order valence-corrected chi connectivity index (χ3v) is 5.29. The molecule has 0 bridgehead atoms. The van der Waals surface area contributed by atoms with Gasteiger partial charge in [0.05, 0.1) is 5.57 Å². The summed E-state index contributed by atoms with van der Waals surface area (Å²) in [5.41, 5.74) is 2.77. The lowest BCUT2D eigenvalue weighted by Crippen LogP contribution is -2.31. The first-order chi connectivity index (χ1) is 16.1. The first-order valence-corrected chi connectivity index (χ1v) is 10.5. The number of benzene rings is 2. The Labute approximate surface area is 191 Å². The largest absolute Gasteiger partial charge is 0.457 e. The highest BCUT2D eigenvalue weighted by atomic mass is 16.5. The molecule has 0 spiro atoms. The zero-order chi connectivity index (χ0) is 22.8. The van der Waals surface area contributed by atoms with Gasteiger partial charge in [-0.15, -0.1) is 0 Å². The van der Waals surface area contributed by atoms with Crippen molar-refractivity contribution in [3.8, 4) is 11.5 Å². The van der Waals surface area contributed by atoms with Crippen molar-refractivity contribution in [1.82, 2.24) is 19.7 Å². The van der Waals surface area contributed by atoms with Crippen LogP contribution in [0.3, 0.4) is 0 Å². The maximum atomic E-state index is 13.4. The highest BCUT2D eigenvalue weighted by Gasteiger charge is 2.34. The number of para-hydroxylation sites is 1. The highest BCUT2D eigenvalue weighted by Crippen LogP contribution is 2.35. The fourth-order valence-corrected chi connectivity index (χ4v) is 3.83. The lowest BCUT2D eigenvalue weighted by molar-refractivity contribution is -0.113. The van der Waals surface area contributed by atoms with Crippen LogP contribution in [0, 0.1) is 6.92 Å². The predicted octanol–water partition coefficient (Wildman–Crippen LogP) is 4.70. The molecule has 0 radical (unpaired) electrons. The van der Waals surface area contributed by atoms with Crippen LogP contribution in [0.1, 0.15) is 24.4 Å². The molecule has 1 amide bonds. The minimum Gasteiger partial charge on any atom is -0.457 e. The van der Waals surface area contributed by atoms with Crippen LogP contribution < -0.4 is 15.4 Å². The molecule has 1 aliphatic rings. The Morgan fingerprint density at radius 1 is 1.00 bits per heavy atom. The van der Waals surface area contributed by atoms with Crippen molar-refractivity contribution in [2.24, 2.45) is 0 Å². The van der Waals surface area contributed by atoms with Crippen molar-refractivity contribution in [1.29, 1.82) is 0 Å². The number of hydrogen-bond donors (Lipinski definition) is 2. The summed E-state index contributed by atoms with van der Waals surface area (Å²) in [6.07, 6.45) is 3.44. The molecule has 33 heavy (non-hydrogen) atoms. The van der Waals surface area contributed by atoms with E-state index in [1.807, 2.05) is 80.6 Å². The fraction of sp³-hybridized carbons (Fsp3) is 0.120. The van der Waals surface area contributed by atoms with Gasteiger partial charge in [-0.25, -0.2) is 4.68 Å². The maximum absolute atomic E-state index is 13.4. The van der Waals surface area contributed by atoms with Crippen molar-refractivity contribution in [2.45, 2.75) is 19.9 Å². The second-order valence-electron chi connectivity index (χ2n) is 7.67. The Morgan fingerprint density at radius 3 is 2.48 bits per heavy atom. The Morgan fingerprint density at radius 2 is 1.76 bits per heavy atom. The van der Waals surface area contributed by atoms with Crippen LogP contribution in [-0.2, 0) is 4.79 Å². The minimum absolute atomic E-state index is 0.232. The van der Waals surface area contributed by atoms with Crippen LogP contribution in [0.25, 0.3) is 0 Å². The van der Waals surface area contributed by atoms with E-state index >= 15 is 0 Å². The molecule has 2 aromatic heterocycles. The topological polar surface area (TPSA) is 94.0 Å². The molecule has 0 saturated carbocycles. The second-order valence-corrected chi connectivity index (χ2v) is 7.67. The summed E-state index contributed by atoms with van der Waals surface area (Å²) in [4.78, 5) is 22.1. The van der Waals surface area contributed by atoms with Crippen LogP contribution >= 0.6 is 0 Å². The van der Waals surface area contributed by atoms with Gasteiger partial charge in [-0.3, -0.25) is 9.78 Å². The molecule has 2 N–H and O–H groups in total. The number of hydrogen-bond acceptors (Lipinski definition) is 6. The number of fused-ring (bicyclic) bond motifs is 1. The molecule has 4 aromatic rings.